The average Bonchev–Trinajstić information content (AvgIpc) is 3.06. The third kappa shape index (κ3) is 4.02. The van der Waals surface area contributed by atoms with Gasteiger partial charge in [-0.25, -0.2) is 0 Å². The number of hydrogen-bond acceptors (Lipinski definition) is 4. The first-order valence-electron chi connectivity index (χ1n) is 7.66. The van der Waals surface area contributed by atoms with Crippen molar-refractivity contribution < 1.29 is 14.3 Å². The van der Waals surface area contributed by atoms with E-state index in [9.17, 15) is 4.79 Å². The SMILES string of the molecule is C[C@H](NCC(=O)NCc1ccc2c(c1)OCO2)c1ccccc1. The number of amides is 1. The molecule has 3 rings (SSSR count). The van der Waals surface area contributed by atoms with E-state index in [0.29, 0.717) is 6.54 Å². The molecule has 0 aliphatic carbocycles. The Morgan fingerprint density at radius 1 is 1.13 bits per heavy atom. The van der Waals surface area contributed by atoms with E-state index in [2.05, 4.69) is 10.6 Å². The molecule has 0 fully saturated rings. The minimum atomic E-state index is -0.0366. The van der Waals surface area contributed by atoms with Gasteiger partial charge in [0.2, 0.25) is 12.7 Å². The molecule has 1 aliphatic heterocycles. The zero-order valence-electron chi connectivity index (χ0n) is 13.0. The van der Waals surface area contributed by atoms with Crippen molar-refractivity contribution in [2.75, 3.05) is 13.3 Å². The summed E-state index contributed by atoms with van der Waals surface area (Å²) in [5.74, 6) is 1.44. The predicted molar refractivity (Wildman–Crippen MR) is 87.3 cm³/mol. The fourth-order valence-corrected chi connectivity index (χ4v) is 2.42. The third-order valence-corrected chi connectivity index (χ3v) is 3.80. The van der Waals surface area contributed by atoms with Crippen molar-refractivity contribution in [3.8, 4) is 11.5 Å². The molecule has 2 aromatic carbocycles. The molecule has 5 nitrogen and oxygen atoms in total. The zero-order valence-corrected chi connectivity index (χ0v) is 13.0. The van der Waals surface area contributed by atoms with Gasteiger partial charge in [-0.05, 0) is 30.2 Å². The van der Waals surface area contributed by atoms with Gasteiger partial charge in [0.15, 0.2) is 11.5 Å². The minimum absolute atomic E-state index is 0.0366. The van der Waals surface area contributed by atoms with Crippen LogP contribution in [0.15, 0.2) is 48.5 Å². The van der Waals surface area contributed by atoms with Crippen LogP contribution in [0, 0.1) is 0 Å². The second-order valence-electron chi connectivity index (χ2n) is 5.48. The van der Waals surface area contributed by atoms with Crippen LogP contribution in [0.4, 0.5) is 0 Å². The number of fused-ring (bicyclic) bond motifs is 1. The van der Waals surface area contributed by atoms with Crippen molar-refractivity contribution in [3.05, 3.63) is 59.7 Å². The Morgan fingerprint density at radius 3 is 2.74 bits per heavy atom. The van der Waals surface area contributed by atoms with Gasteiger partial charge in [-0.15, -0.1) is 0 Å². The molecule has 2 N–H and O–H groups in total. The molecule has 1 atom stereocenters. The molecule has 1 heterocycles. The summed E-state index contributed by atoms with van der Waals surface area (Å²) < 4.78 is 10.6. The van der Waals surface area contributed by atoms with Crippen molar-refractivity contribution in [2.45, 2.75) is 19.5 Å². The standard InChI is InChI=1S/C18H20N2O3/c1-13(15-5-3-2-4-6-15)19-11-18(21)20-10-14-7-8-16-17(9-14)23-12-22-16/h2-9,13,19H,10-12H2,1H3,(H,20,21)/t13-/m0/s1. The van der Waals surface area contributed by atoms with Gasteiger partial charge in [0.1, 0.15) is 0 Å². The largest absolute Gasteiger partial charge is 0.454 e. The van der Waals surface area contributed by atoms with E-state index in [4.69, 9.17) is 9.47 Å². The zero-order chi connectivity index (χ0) is 16.1. The maximum absolute atomic E-state index is 12.0. The van der Waals surface area contributed by atoms with Crippen LogP contribution in [-0.4, -0.2) is 19.2 Å². The van der Waals surface area contributed by atoms with Crippen LogP contribution in [0.1, 0.15) is 24.1 Å². The lowest BCUT2D eigenvalue weighted by atomic mass is 10.1. The van der Waals surface area contributed by atoms with Gasteiger partial charge in [-0.1, -0.05) is 36.4 Å². The number of hydrogen-bond donors (Lipinski definition) is 2. The van der Waals surface area contributed by atoms with Crippen molar-refractivity contribution in [1.82, 2.24) is 10.6 Å². The lowest BCUT2D eigenvalue weighted by Crippen LogP contribution is -2.34. The molecule has 0 saturated carbocycles. The molecular weight excluding hydrogens is 292 g/mol. The lowest BCUT2D eigenvalue weighted by molar-refractivity contribution is -0.120. The summed E-state index contributed by atoms with van der Waals surface area (Å²) in [4.78, 5) is 12.0. The molecule has 0 spiro atoms. The molecule has 2 aromatic rings. The van der Waals surface area contributed by atoms with Gasteiger partial charge in [0.05, 0.1) is 6.54 Å². The Morgan fingerprint density at radius 2 is 1.91 bits per heavy atom. The maximum atomic E-state index is 12.0. The maximum Gasteiger partial charge on any atom is 0.234 e. The Hall–Kier alpha value is -2.53. The average molecular weight is 312 g/mol. The molecule has 0 aromatic heterocycles. The van der Waals surface area contributed by atoms with Crippen molar-refractivity contribution >= 4 is 5.91 Å². The van der Waals surface area contributed by atoms with E-state index in [1.165, 1.54) is 0 Å². The van der Waals surface area contributed by atoms with Crippen LogP contribution >= 0.6 is 0 Å². The van der Waals surface area contributed by atoms with Crippen LogP contribution in [0.5, 0.6) is 11.5 Å². The molecule has 5 heteroatoms. The van der Waals surface area contributed by atoms with Crippen molar-refractivity contribution in [3.63, 3.8) is 0 Å². The first kappa shape index (κ1) is 15.4. The third-order valence-electron chi connectivity index (χ3n) is 3.80. The number of carbonyl (C=O) groups excluding carboxylic acids is 1. The Balaban J connectivity index is 1.45. The van der Waals surface area contributed by atoms with Gasteiger partial charge < -0.3 is 20.1 Å². The van der Waals surface area contributed by atoms with Crippen LogP contribution in [0.3, 0.4) is 0 Å². The summed E-state index contributed by atoms with van der Waals surface area (Å²) in [6.07, 6.45) is 0. The second-order valence-corrected chi connectivity index (χ2v) is 5.48. The van der Waals surface area contributed by atoms with Crippen molar-refractivity contribution in [1.29, 1.82) is 0 Å². The van der Waals surface area contributed by atoms with Crippen LogP contribution in [-0.2, 0) is 11.3 Å². The van der Waals surface area contributed by atoms with E-state index < -0.39 is 0 Å². The van der Waals surface area contributed by atoms with Gasteiger partial charge in [0, 0.05) is 12.6 Å². The Bertz CT molecular complexity index is 673. The summed E-state index contributed by atoms with van der Waals surface area (Å²) in [5, 5.41) is 6.12. The summed E-state index contributed by atoms with van der Waals surface area (Å²) in [7, 11) is 0. The molecule has 0 unspecified atom stereocenters. The number of ether oxygens (including phenoxy) is 2. The van der Waals surface area contributed by atoms with E-state index in [0.717, 1.165) is 22.6 Å². The monoisotopic (exact) mass is 312 g/mol. The van der Waals surface area contributed by atoms with Crippen LogP contribution < -0.4 is 20.1 Å². The van der Waals surface area contributed by atoms with Crippen LogP contribution in [0.2, 0.25) is 0 Å². The highest BCUT2D eigenvalue weighted by atomic mass is 16.7. The molecule has 0 saturated heterocycles. The van der Waals surface area contributed by atoms with E-state index in [-0.39, 0.29) is 25.3 Å². The van der Waals surface area contributed by atoms with Gasteiger partial charge in [-0.3, -0.25) is 4.79 Å². The van der Waals surface area contributed by atoms with Crippen LogP contribution in [0.25, 0.3) is 0 Å². The first-order chi connectivity index (χ1) is 11.2. The topological polar surface area (TPSA) is 59.6 Å². The summed E-state index contributed by atoms with van der Waals surface area (Å²) in [5.41, 5.74) is 2.15. The predicted octanol–water partition coefficient (Wildman–Crippen LogP) is 2.38. The molecule has 23 heavy (non-hydrogen) atoms. The highest BCUT2D eigenvalue weighted by Gasteiger charge is 2.13. The molecule has 0 bridgehead atoms. The molecule has 0 radical (unpaired) electrons. The molecule has 1 amide bonds. The van der Waals surface area contributed by atoms with E-state index >= 15 is 0 Å². The van der Waals surface area contributed by atoms with Gasteiger partial charge in [-0.2, -0.15) is 0 Å². The van der Waals surface area contributed by atoms with E-state index in [1.807, 2.05) is 55.5 Å². The second kappa shape index (κ2) is 7.15. The summed E-state index contributed by atoms with van der Waals surface area (Å²) >= 11 is 0. The number of benzene rings is 2. The summed E-state index contributed by atoms with van der Waals surface area (Å²) in [6, 6.07) is 15.9. The first-order valence-corrected chi connectivity index (χ1v) is 7.66. The number of rotatable bonds is 6. The molecular formula is C18H20N2O3. The fourth-order valence-electron chi connectivity index (χ4n) is 2.42. The van der Waals surface area contributed by atoms with Gasteiger partial charge in [0.25, 0.3) is 0 Å². The molecule has 1 aliphatic rings. The Kier molecular flexibility index (Phi) is 4.78. The highest BCUT2D eigenvalue weighted by Crippen LogP contribution is 2.32. The summed E-state index contributed by atoms with van der Waals surface area (Å²) in [6.45, 7) is 3.05. The number of carbonyl (C=O) groups is 1. The van der Waals surface area contributed by atoms with Crippen molar-refractivity contribution in [2.24, 2.45) is 0 Å². The fraction of sp³-hybridized carbons (Fsp3) is 0.278. The minimum Gasteiger partial charge on any atom is -0.454 e. The quantitative estimate of drug-likeness (QED) is 0.860. The number of nitrogens with one attached hydrogen (secondary N) is 2. The smallest absolute Gasteiger partial charge is 0.234 e. The lowest BCUT2D eigenvalue weighted by Gasteiger charge is -2.14. The normalized spacial score (nSPS) is 13.6. The molecule has 120 valence electrons. The van der Waals surface area contributed by atoms with Gasteiger partial charge >= 0.3 is 0 Å². The Labute approximate surface area is 135 Å². The highest BCUT2D eigenvalue weighted by molar-refractivity contribution is 5.78. The van der Waals surface area contributed by atoms with E-state index in [1.54, 1.807) is 0 Å².